The van der Waals surface area contributed by atoms with Crippen LogP contribution in [0.4, 0.5) is 11.5 Å². The van der Waals surface area contributed by atoms with Gasteiger partial charge in [-0.25, -0.2) is 4.68 Å². The summed E-state index contributed by atoms with van der Waals surface area (Å²) in [4.78, 5) is 12.4. The van der Waals surface area contributed by atoms with Crippen molar-refractivity contribution in [2.75, 3.05) is 11.1 Å². The van der Waals surface area contributed by atoms with E-state index in [9.17, 15) is 4.79 Å². The van der Waals surface area contributed by atoms with E-state index in [2.05, 4.69) is 31.6 Å². The van der Waals surface area contributed by atoms with Crippen LogP contribution in [0.2, 0.25) is 5.02 Å². The minimum Gasteiger partial charge on any atom is -0.382 e. The molecule has 0 atom stereocenters. The molecule has 0 aliphatic carbocycles. The van der Waals surface area contributed by atoms with E-state index in [-0.39, 0.29) is 11.5 Å². The number of halogens is 2. The zero-order valence-electron chi connectivity index (χ0n) is 13.3. The van der Waals surface area contributed by atoms with E-state index in [4.69, 9.17) is 17.3 Å². The number of hydrogen-bond donors (Lipinski definition) is 2. The van der Waals surface area contributed by atoms with Crippen LogP contribution in [0.3, 0.4) is 0 Å². The lowest BCUT2D eigenvalue weighted by molar-refractivity contribution is 0.102. The highest BCUT2D eigenvalue weighted by atomic mass is 79.9. The van der Waals surface area contributed by atoms with Crippen molar-refractivity contribution in [2.24, 2.45) is 0 Å². The zero-order chi connectivity index (χ0) is 18.0. The van der Waals surface area contributed by atoms with Crippen molar-refractivity contribution in [1.82, 2.24) is 15.0 Å². The number of anilines is 2. The SMILES string of the molecule is Cc1ccc(NC(=O)c2nnn(Cc3ccc(Cl)cc3)c2N)c(Br)c1. The van der Waals surface area contributed by atoms with E-state index in [1.807, 2.05) is 37.3 Å². The molecule has 0 radical (unpaired) electrons. The molecule has 1 amide bonds. The lowest BCUT2D eigenvalue weighted by Gasteiger charge is -2.07. The molecule has 0 saturated heterocycles. The molecule has 0 saturated carbocycles. The van der Waals surface area contributed by atoms with Gasteiger partial charge in [-0.2, -0.15) is 0 Å². The molecular formula is C17H15BrClN5O. The lowest BCUT2D eigenvalue weighted by atomic mass is 10.2. The third kappa shape index (κ3) is 4.00. The van der Waals surface area contributed by atoms with Crippen molar-refractivity contribution in [2.45, 2.75) is 13.5 Å². The fraction of sp³-hybridized carbons (Fsp3) is 0.118. The van der Waals surface area contributed by atoms with E-state index >= 15 is 0 Å². The van der Waals surface area contributed by atoms with Crippen LogP contribution >= 0.6 is 27.5 Å². The third-order valence-corrected chi connectivity index (χ3v) is 4.51. The first-order valence-electron chi connectivity index (χ1n) is 7.45. The predicted molar refractivity (Wildman–Crippen MR) is 102 cm³/mol. The number of carbonyl (C=O) groups excluding carboxylic acids is 1. The van der Waals surface area contributed by atoms with Gasteiger partial charge in [-0.1, -0.05) is 35.0 Å². The van der Waals surface area contributed by atoms with Gasteiger partial charge in [0.15, 0.2) is 11.5 Å². The Morgan fingerprint density at radius 3 is 2.68 bits per heavy atom. The monoisotopic (exact) mass is 419 g/mol. The second kappa shape index (κ2) is 7.25. The Morgan fingerprint density at radius 1 is 1.28 bits per heavy atom. The van der Waals surface area contributed by atoms with Crippen LogP contribution in [0.15, 0.2) is 46.9 Å². The van der Waals surface area contributed by atoms with Gasteiger partial charge in [-0.15, -0.1) is 5.10 Å². The number of aryl methyl sites for hydroxylation is 1. The van der Waals surface area contributed by atoms with Crippen LogP contribution in [-0.2, 0) is 6.54 Å². The second-order valence-corrected chi connectivity index (χ2v) is 6.84. The number of benzene rings is 2. The van der Waals surface area contributed by atoms with E-state index in [0.717, 1.165) is 15.6 Å². The highest BCUT2D eigenvalue weighted by Crippen LogP contribution is 2.24. The smallest absolute Gasteiger partial charge is 0.280 e. The number of rotatable bonds is 4. The summed E-state index contributed by atoms with van der Waals surface area (Å²) in [5.41, 5.74) is 8.80. The summed E-state index contributed by atoms with van der Waals surface area (Å²) in [6.07, 6.45) is 0. The number of nitrogens with two attached hydrogens (primary N) is 1. The van der Waals surface area contributed by atoms with E-state index in [0.29, 0.717) is 17.3 Å². The third-order valence-electron chi connectivity index (χ3n) is 3.61. The molecule has 25 heavy (non-hydrogen) atoms. The summed E-state index contributed by atoms with van der Waals surface area (Å²) in [6, 6.07) is 12.9. The van der Waals surface area contributed by atoms with Crippen LogP contribution < -0.4 is 11.1 Å². The summed E-state index contributed by atoms with van der Waals surface area (Å²) in [5, 5.41) is 11.3. The first-order valence-corrected chi connectivity index (χ1v) is 8.62. The maximum absolute atomic E-state index is 12.4. The Bertz CT molecular complexity index is 923. The van der Waals surface area contributed by atoms with E-state index < -0.39 is 5.91 Å². The van der Waals surface area contributed by atoms with Crippen LogP contribution in [0.25, 0.3) is 0 Å². The molecule has 3 aromatic rings. The maximum atomic E-state index is 12.4. The first-order chi connectivity index (χ1) is 11.9. The van der Waals surface area contributed by atoms with Crippen molar-refractivity contribution in [1.29, 1.82) is 0 Å². The van der Waals surface area contributed by atoms with Crippen molar-refractivity contribution >= 4 is 44.9 Å². The van der Waals surface area contributed by atoms with Gasteiger partial charge in [0.2, 0.25) is 0 Å². The Kier molecular flexibility index (Phi) is 5.06. The summed E-state index contributed by atoms with van der Waals surface area (Å²) in [6.45, 7) is 2.37. The molecule has 128 valence electrons. The molecule has 0 aliphatic heterocycles. The molecule has 6 nitrogen and oxygen atoms in total. The minimum absolute atomic E-state index is 0.0847. The number of amides is 1. The van der Waals surface area contributed by atoms with Crippen LogP contribution in [-0.4, -0.2) is 20.9 Å². The normalized spacial score (nSPS) is 10.7. The van der Waals surface area contributed by atoms with Gasteiger partial charge in [0.1, 0.15) is 0 Å². The van der Waals surface area contributed by atoms with Crippen molar-refractivity contribution in [3.8, 4) is 0 Å². The fourth-order valence-corrected chi connectivity index (χ4v) is 2.98. The summed E-state index contributed by atoms with van der Waals surface area (Å²) in [7, 11) is 0. The Morgan fingerprint density at radius 2 is 2.00 bits per heavy atom. The van der Waals surface area contributed by atoms with Crippen LogP contribution in [0.1, 0.15) is 21.6 Å². The largest absolute Gasteiger partial charge is 0.382 e. The average molecular weight is 421 g/mol. The molecule has 1 aromatic heterocycles. The number of carbonyl (C=O) groups is 1. The van der Waals surface area contributed by atoms with Gasteiger partial charge in [-0.3, -0.25) is 4.79 Å². The number of hydrogen-bond acceptors (Lipinski definition) is 4. The van der Waals surface area contributed by atoms with Gasteiger partial charge in [0.05, 0.1) is 12.2 Å². The Balaban J connectivity index is 1.77. The molecular weight excluding hydrogens is 406 g/mol. The lowest BCUT2D eigenvalue weighted by Crippen LogP contribution is -2.15. The van der Waals surface area contributed by atoms with Gasteiger partial charge in [-0.05, 0) is 58.2 Å². The van der Waals surface area contributed by atoms with E-state index in [1.165, 1.54) is 4.68 Å². The maximum Gasteiger partial charge on any atom is 0.280 e. The van der Waals surface area contributed by atoms with Gasteiger partial charge in [0, 0.05) is 9.50 Å². The molecule has 0 aliphatic rings. The standard InChI is InChI=1S/C17H15BrClN5O/c1-10-2-7-14(13(18)8-10)21-17(25)15-16(20)24(23-22-15)9-11-3-5-12(19)6-4-11/h2-8H,9,20H2,1H3,(H,21,25). The van der Waals surface area contributed by atoms with Gasteiger partial charge < -0.3 is 11.1 Å². The number of nitrogen functional groups attached to an aromatic ring is 1. The molecule has 3 rings (SSSR count). The van der Waals surface area contributed by atoms with Gasteiger partial charge in [0.25, 0.3) is 5.91 Å². The quantitative estimate of drug-likeness (QED) is 0.670. The minimum atomic E-state index is -0.413. The summed E-state index contributed by atoms with van der Waals surface area (Å²) in [5.74, 6) is -0.208. The number of nitrogens with zero attached hydrogens (tertiary/aromatic N) is 3. The number of nitrogens with one attached hydrogen (secondary N) is 1. The first kappa shape index (κ1) is 17.4. The number of aromatic nitrogens is 3. The average Bonchev–Trinajstić information content (AvgIpc) is 2.93. The fourth-order valence-electron chi connectivity index (χ4n) is 2.26. The van der Waals surface area contributed by atoms with Crippen molar-refractivity contribution in [3.05, 3.63) is 68.8 Å². The molecule has 3 N–H and O–H groups in total. The van der Waals surface area contributed by atoms with Crippen LogP contribution in [0.5, 0.6) is 0 Å². The molecule has 0 bridgehead atoms. The van der Waals surface area contributed by atoms with Crippen molar-refractivity contribution in [3.63, 3.8) is 0 Å². The molecule has 0 spiro atoms. The predicted octanol–water partition coefficient (Wildman–Crippen LogP) is 3.89. The summed E-state index contributed by atoms with van der Waals surface area (Å²) >= 11 is 9.30. The highest BCUT2D eigenvalue weighted by Gasteiger charge is 2.18. The van der Waals surface area contributed by atoms with Crippen LogP contribution in [0, 0.1) is 6.92 Å². The van der Waals surface area contributed by atoms with Crippen molar-refractivity contribution < 1.29 is 4.79 Å². The molecule has 8 heteroatoms. The zero-order valence-corrected chi connectivity index (χ0v) is 15.7. The Labute approximate surface area is 158 Å². The Hall–Kier alpha value is -2.38. The highest BCUT2D eigenvalue weighted by molar-refractivity contribution is 9.10. The molecule has 0 unspecified atom stereocenters. The van der Waals surface area contributed by atoms with E-state index in [1.54, 1.807) is 12.1 Å². The molecule has 0 fully saturated rings. The molecule has 2 aromatic carbocycles. The molecule has 1 heterocycles. The topological polar surface area (TPSA) is 85.8 Å². The van der Waals surface area contributed by atoms with Gasteiger partial charge >= 0.3 is 0 Å². The second-order valence-electron chi connectivity index (χ2n) is 5.54. The summed E-state index contributed by atoms with van der Waals surface area (Å²) < 4.78 is 2.26.